The molecule has 21 heavy (non-hydrogen) atoms. The van der Waals surface area contributed by atoms with E-state index in [0.29, 0.717) is 12.1 Å². The molecule has 0 saturated carbocycles. The summed E-state index contributed by atoms with van der Waals surface area (Å²) in [7, 11) is -3.71. The highest BCUT2D eigenvalue weighted by atomic mass is 35.5. The Bertz CT molecular complexity index is 649. The van der Waals surface area contributed by atoms with Crippen LogP contribution in [0.1, 0.15) is 19.8 Å². The van der Waals surface area contributed by atoms with E-state index in [1.54, 1.807) is 36.4 Å². The lowest BCUT2D eigenvalue weighted by atomic mass is 10.2. The molecule has 0 unspecified atom stereocenters. The van der Waals surface area contributed by atoms with Crippen LogP contribution in [0.4, 0.5) is 5.69 Å². The second kappa shape index (κ2) is 6.65. The second-order valence-electron chi connectivity index (χ2n) is 4.55. The van der Waals surface area contributed by atoms with E-state index >= 15 is 0 Å². The quantitative estimate of drug-likeness (QED) is 0.553. The van der Waals surface area contributed by atoms with Gasteiger partial charge in [0.25, 0.3) is 10.0 Å². The lowest BCUT2D eigenvalue weighted by molar-refractivity contribution is 0.604. The van der Waals surface area contributed by atoms with Gasteiger partial charge in [0.1, 0.15) is 0 Å². The highest BCUT2D eigenvalue weighted by molar-refractivity contribution is 8.18. The van der Waals surface area contributed by atoms with Crippen molar-refractivity contribution in [1.82, 2.24) is 0 Å². The number of hydrogen-bond acceptors (Lipinski definition) is 3. The number of sulfonamides is 1. The summed E-state index contributed by atoms with van der Waals surface area (Å²) in [5.74, 6) is 0. The minimum atomic E-state index is -3.71. The van der Waals surface area contributed by atoms with E-state index in [9.17, 15) is 8.42 Å². The predicted molar refractivity (Wildman–Crippen MR) is 92.0 cm³/mol. The third-order valence-electron chi connectivity index (χ3n) is 2.69. The molecule has 0 bridgehead atoms. The number of allylic oxidation sites excluding steroid dienone is 3. The van der Waals surface area contributed by atoms with Crippen LogP contribution in [0.5, 0.6) is 0 Å². The number of hydrogen-bond donors (Lipinski definition) is 0. The first-order valence-corrected chi connectivity index (χ1v) is 9.32. The molecule has 3 nitrogen and oxygen atoms in total. The van der Waals surface area contributed by atoms with Crippen LogP contribution in [0, 0.1) is 0 Å². The van der Waals surface area contributed by atoms with Gasteiger partial charge >= 0.3 is 0 Å². The average Bonchev–Trinajstić information content (AvgIpc) is 2.46. The van der Waals surface area contributed by atoms with E-state index in [1.165, 1.54) is 10.6 Å². The molecule has 0 amide bonds. The Morgan fingerprint density at radius 3 is 2.38 bits per heavy atom. The summed E-state index contributed by atoms with van der Waals surface area (Å²) in [6, 6.07) is 8.76. The molecule has 0 aliphatic heterocycles. The Hall–Kier alpha value is -0.620. The third-order valence-corrected chi connectivity index (χ3v) is 6.16. The van der Waals surface area contributed by atoms with E-state index in [0.717, 1.165) is 18.4 Å². The summed E-state index contributed by atoms with van der Waals surface area (Å²) in [5.41, 5.74) is 0.509. The SMILES string of the molecule is CC(Cl)(Cl)SN(c1ccccc1)S(=O)(=O)C1=CCCC=C1. The summed E-state index contributed by atoms with van der Waals surface area (Å²) < 4.78 is 25.6. The Labute approximate surface area is 139 Å². The number of anilines is 1. The lowest BCUT2D eigenvalue weighted by Gasteiger charge is -2.27. The van der Waals surface area contributed by atoms with Gasteiger partial charge in [-0.2, -0.15) is 0 Å². The van der Waals surface area contributed by atoms with E-state index in [4.69, 9.17) is 23.2 Å². The molecule has 1 aromatic carbocycles. The first-order valence-electron chi connectivity index (χ1n) is 6.35. The molecule has 0 saturated heterocycles. The van der Waals surface area contributed by atoms with Crippen molar-refractivity contribution in [2.45, 2.75) is 23.4 Å². The third kappa shape index (κ3) is 4.42. The molecule has 1 aliphatic carbocycles. The minimum Gasteiger partial charge on any atom is -0.205 e. The van der Waals surface area contributed by atoms with Gasteiger partial charge in [0.2, 0.25) is 0 Å². The molecule has 1 aromatic rings. The molecule has 0 heterocycles. The molecule has 114 valence electrons. The van der Waals surface area contributed by atoms with Crippen LogP contribution in [0.25, 0.3) is 0 Å². The molecule has 0 fully saturated rings. The maximum absolute atomic E-state index is 12.8. The summed E-state index contributed by atoms with van der Waals surface area (Å²) in [6.45, 7) is 1.54. The van der Waals surface area contributed by atoms with Crippen molar-refractivity contribution in [1.29, 1.82) is 0 Å². The van der Waals surface area contributed by atoms with Crippen LogP contribution in [0.15, 0.2) is 53.5 Å². The maximum atomic E-state index is 12.8. The van der Waals surface area contributed by atoms with Crippen molar-refractivity contribution in [3.63, 3.8) is 0 Å². The number of para-hydroxylation sites is 1. The molecule has 0 spiro atoms. The van der Waals surface area contributed by atoms with Crippen LogP contribution in [-0.2, 0) is 10.0 Å². The number of alkyl halides is 2. The van der Waals surface area contributed by atoms with Crippen LogP contribution >= 0.6 is 35.1 Å². The zero-order valence-electron chi connectivity index (χ0n) is 11.4. The summed E-state index contributed by atoms with van der Waals surface area (Å²) in [4.78, 5) is 0.266. The van der Waals surface area contributed by atoms with Crippen LogP contribution in [0.2, 0.25) is 0 Å². The predicted octanol–water partition coefficient (Wildman–Crippen LogP) is 4.86. The topological polar surface area (TPSA) is 37.4 Å². The van der Waals surface area contributed by atoms with E-state index in [1.807, 2.05) is 12.1 Å². The monoisotopic (exact) mass is 363 g/mol. The van der Waals surface area contributed by atoms with Crippen molar-refractivity contribution in [2.24, 2.45) is 0 Å². The van der Waals surface area contributed by atoms with Gasteiger partial charge in [0, 0.05) is 11.9 Å². The Morgan fingerprint density at radius 1 is 1.19 bits per heavy atom. The summed E-state index contributed by atoms with van der Waals surface area (Å²) in [5, 5.41) is 0. The zero-order chi connectivity index (χ0) is 15.5. The number of nitrogens with zero attached hydrogens (tertiary/aromatic N) is 1. The molecule has 0 aromatic heterocycles. The molecular weight excluding hydrogens is 349 g/mol. The van der Waals surface area contributed by atoms with Gasteiger partial charge in [-0.3, -0.25) is 0 Å². The van der Waals surface area contributed by atoms with Crippen molar-refractivity contribution in [3.8, 4) is 0 Å². The number of benzene rings is 1. The van der Waals surface area contributed by atoms with Gasteiger partial charge < -0.3 is 0 Å². The van der Waals surface area contributed by atoms with Gasteiger partial charge in [-0.15, -0.1) is 0 Å². The largest absolute Gasteiger partial charge is 0.273 e. The van der Waals surface area contributed by atoms with Crippen LogP contribution in [0.3, 0.4) is 0 Å². The molecule has 0 radical (unpaired) electrons. The normalized spacial score (nSPS) is 15.7. The standard InChI is InChI=1S/C14H15Cl2NO2S2/c1-14(15,16)20-17(12-8-4-2-5-9-12)21(18,19)13-10-6-3-7-11-13/h2,4-6,8-11H,3,7H2,1H3. The van der Waals surface area contributed by atoms with Gasteiger partial charge in [0.05, 0.1) is 10.6 Å². The molecule has 2 rings (SSSR count). The van der Waals surface area contributed by atoms with Gasteiger partial charge in [-0.25, -0.2) is 12.1 Å². The van der Waals surface area contributed by atoms with Gasteiger partial charge in [-0.05, 0) is 38.0 Å². The smallest absolute Gasteiger partial charge is 0.205 e. The van der Waals surface area contributed by atoms with Crippen LogP contribution < -0.4 is 3.71 Å². The van der Waals surface area contributed by atoms with Crippen molar-refractivity contribution in [3.05, 3.63) is 53.5 Å². The average molecular weight is 364 g/mol. The Morgan fingerprint density at radius 2 is 1.86 bits per heavy atom. The zero-order valence-corrected chi connectivity index (χ0v) is 14.5. The number of halogens is 2. The molecule has 7 heteroatoms. The molecule has 0 N–H and O–H groups in total. The van der Waals surface area contributed by atoms with Crippen molar-refractivity contribution < 1.29 is 8.42 Å². The fourth-order valence-electron chi connectivity index (χ4n) is 1.81. The minimum absolute atomic E-state index is 0.266. The highest BCUT2D eigenvalue weighted by Gasteiger charge is 2.33. The van der Waals surface area contributed by atoms with E-state index < -0.39 is 13.7 Å². The summed E-state index contributed by atoms with van der Waals surface area (Å²) in [6.07, 6.45) is 6.74. The fraction of sp³-hybridized carbons (Fsp3) is 0.286. The Kier molecular flexibility index (Phi) is 5.30. The first-order chi connectivity index (χ1) is 9.81. The van der Waals surface area contributed by atoms with Crippen molar-refractivity contribution >= 4 is 50.9 Å². The lowest BCUT2D eigenvalue weighted by Crippen LogP contribution is -2.28. The Balaban J connectivity index is 2.44. The molecule has 1 aliphatic rings. The first kappa shape index (κ1) is 16.7. The van der Waals surface area contributed by atoms with Gasteiger partial charge in [0.15, 0.2) is 3.67 Å². The van der Waals surface area contributed by atoms with Gasteiger partial charge in [-0.1, -0.05) is 53.6 Å². The van der Waals surface area contributed by atoms with Crippen LogP contribution in [-0.4, -0.2) is 12.1 Å². The van der Waals surface area contributed by atoms with E-state index in [-0.39, 0.29) is 4.91 Å². The van der Waals surface area contributed by atoms with Crippen molar-refractivity contribution in [2.75, 3.05) is 3.71 Å². The molecule has 0 atom stereocenters. The fourth-order valence-corrected chi connectivity index (χ4v) is 5.28. The maximum Gasteiger partial charge on any atom is 0.273 e. The number of rotatable bonds is 5. The summed E-state index contributed by atoms with van der Waals surface area (Å²) >= 11 is 12.9. The highest BCUT2D eigenvalue weighted by Crippen LogP contribution is 2.42. The second-order valence-corrected chi connectivity index (χ2v) is 10.1. The van der Waals surface area contributed by atoms with E-state index in [2.05, 4.69) is 0 Å². The molecular formula is C14H15Cl2NO2S2.